The zero-order valence-electron chi connectivity index (χ0n) is 9.58. The number of nitrogen functional groups attached to an aromatic ring is 1. The molecule has 0 radical (unpaired) electrons. The van der Waals surface area contributed by atoms with Crippen LogP contribution in [0.3, 0.4) is 0 Å². The number of halogens is 3. The topological polar surface area (TPSA) is 61.5 Å². The van der Waals surface area contributed by atoms with E-state index in [4.69, 9.17) is 22.1 Å². The molecule has 0 aromatic heterocycles. The average Bonchev–Trinajstić information content (AvgIpc) is 2.28. The highest BCUT2D eigenvalue weighted by Gasteiger charge is 2.19. The molecule has 2 N–H and O–H groups in total. The third kappa shape index (κ3) is 3.73. The molecule has 1 aromatic rings. The number of carbonyl (C=O) groups excluding carboxylic acids is 1. The predicted molar refractivity (Wildman–Crippen MR) is 62.8 cm³/mol. The van der Waals surface area contributed by atoms with Crippen molar-refractivity contribution in [2.45, 2.75) is 20.0 Å². The Balaban J connectivity index is 3.06. The number of benzene rings is 1. The van der Waals surface area contributed by atoms with E-state index in [1.807, 2.05) is 0 Å². The molecule has 7 heteroatoms. The van der Waals surface area contributed by atoms with E-state index in [9.17, 15) is 13.6 Å². The molecule has 0 atom stereocenters. The molecule has 100 valence electrons. The number of carbonyl (C=O) groups is 1. The van der Waals surface area contributed by atoms with E-state index in [0.29, 0.717) is 0 Å². The minimum absolute atomic E-state index is 0.0381. The molecule has 0 spiro atoms. The number of rotatable bonds is 5. The molecule has 0 saturated heterocycles. The maximum atomic E-state index is 12.3. The fourth-order valence-electron chi connectivity index (χ4n) is 1.37. The van der Waals surface area contributed by atoms with Crippen LogP contribution in [0.1, 0.15) is 12.5 Å². The molecule has 0 aliphatic heterocycles. The number of nitrogens with two attached hydrogens (primary N) is 1. The van der Waals surface area contributed by atoms with Crippen LogP contribution in [-0.2, 0) is 16.0 Å². The van der Waals surface area contributed by atoms with Gasteiger partial charge in [-0.05, 0) is 19.1 Å². The van der Waals surface area contributed by atoms with Crippen LogP contribution in [0.25, 0.3) is 0 Å². The second-order valence-electron chi connectivity index (χ2n) is 3.30. The molecule has 4 nitrogen and oxygen atoms in total. The lowest BCUT2D eigenvalue weighted by atomic mass is 10.1. The average molecular weight is 280 g/mol. The summed E-state index contributed by atoms with van der Waals surface area (Å²) < 4.78 is 33.5. The van der Waals surface area contributed by atoms with Crippen molar-refractivity contribution in [3.05, 3.63) is 22.7 Å². The summed E-state index contributed by atoms with van der Waals surface area (Å²) in [6, 6.07) is 2.73. The van der Waals surface area contributed by atoms with Gasteiger partial charge in [0.25, 0.3) is 0 Å². The van der Waals surface area contributed by atoms with Crippen LogP contribution in [-0.4, -0.2) is 19.2 Å². The summed E-state index contributed by atoms with van der Waals surface area (Å²) in [4.78, 5) is 11.4. The lowest BCUT2D eigenvalue weighted by Gasteiger charge is -2.14. The highest BCUT2D eigenvalue weighted by atomic mass is 35.5. The smallest absolute Gasteiger partial charge is 0.387 e. The largest absolute Gasteiger partial charge is 0.466 e. The SMILES string of the molecule is CCOC(=O)Cc1c(N)ccc(Cl)c1OC(F)F. The number of anilines is 1. The van der Waals surface area contributed by atoms with Gasteiger partial charge in [-0.3, -0.25) is 4.79 Å². The summed E-state index contributed by atoms with van der Waals surface area (Å²) in [7, 11) is 0. The Morgan fingerprint density at radius 3 is 2.72 bits per heavy atom. The van der Waals surface area contributed by atoms with Crippen molar-refractivity contribution >= 4 is 23.3 Å². The molecule has 0 heterocycles. The van der Waals surface area contributed by atoms with Crippen LogP contribution in [0.4, 0.5) is 14.5 Å². The highest BCUT2D eigenvalue weighted by molar-refractivity contribution is 6.32. The van der Waals surface area contributed by atoms with Gasteiger partial charge in [0.15, 0.2) is 5.75 Å². The standard InChI is InChI=1S/C11H12ClF2NO3/c1-2-17-9(16)5-6-8(15)4-3-7(12)10(6)18-11(13)14/h3-4,11H,2,5,15H2,1H3. The Bertz CT molecular complexity index is 441. The molecule has 0 aliphatic carbocycles. The first-order valence-electron chi connectivity index (χ1n) is 5.13. The number of alkyl halides is 2. The zero-order valence-corrected chi connectivity index (χ0v) is 10.3. The summed E-state index contributed by atoms with van der Waals surface area (Å²) >= 11 is 5.74. The van der Waals surface area contributed by atoms with Crippen LogP contribution >= 0.6 is 11.6 Å². The number of hydrogen-bond acceptors (Lipinski definition) is 4. The molecule has 0 unspecified atom stereocenters. The van der Waals surface area contributed by atoms with Crippen LogP contribution in [0.2, 0.25) is 5.02 Å². The third-order valence-electron chi connectivity index (χ3n) is 2.08. The first kappa shape index (κ1) is 14.5. The molecule has 1 rings (SSSR count). The van der Waals surface area contributed by atoms with E-state index in [1.54, 1.807) is 6.92 Å². The quantitative estimate of drug-likeness (QED) is 0.665. The predicted octanol–water partition coefficient (Wildman–Crippen LogP) is 2.63. The molecule has 0 bridgehead atoms. The summed E-state index contributed by atoms with van der Waals surface area (Å²) in [5.74, 6) is -0.884. The minimum atomic E-state index is -3.05. The molecule has 0 fully saturated rings. The van der Waals surface area contributed by atoms with Crippen LogP contribution in [0.15, 0.2) is 12.1 Å². The van der Waals surface area contributed by atoms with Gasteiger partial charge in [-0.1, -0.05) is 11.6 Å². The van der Waals surface area contributed by atoms with Gasteiger partial charge in [0.1, 0.15) is 0 Å². The monoisotopic (exact) mass is 279 g/mol. The third-order valence-corrected chi connectivity index (χ3v) is 2.38. The van der Waals surface area contributed by atoms with Gasteiger partial charge in [0.2, 0.25) is 0 Å². The van der Waals surface area contributed by atoms with E-state index in [2.05, 4.69) is 4.74 Å². The summed E-state index contributed by atoms with van der Waals surface area (Å²) in [5.41, 5.74) is 5.86. The Kier molecular flexibility index (Phi) is 5.15. The van der Waals surface area contributed by atoms with Crippen LogP contribution in [0, 0.1) is 0 Å². The Morgan fingerprint density at radius 1 is 1.50 bits per heavy atom. The van der Waals surface area contributed by atoms with Crippen molar-refractivity contribution < 1.29 is 23.0 Å². The van der Waals surface area contributed by atoms with Gasteiger partial charge in [0.05, 0.1) is 18.1 Å². The number of hydrogen-bond donors (Lipinski definition) is 1. The van der Waals surface area contributed by atoms with Crippen molar-refractivity contribution in [3.8, 4) is 5.75 Å². The summed E-state index contributed by atoms with van der Waals surface area (Å²) in [6.45, 7) is -1.23. The second-order valence-corrected chi connectivity index (χ2v) is 3.71. The minimum Gasteiger partial charge on any atom is -0.466 e. The maximum absolute atomic E-state index is 12.3. The lowest BCUT2D eigenvalue weighted by Crippen LogP contribution is -2.13. The summed E-state index contributed by atoms with van der Waals surface area (Å²) in [6.07, 6.45) is -0.276. The molecule has 1 aromatic carbocycles. The van der Waals surface area contributed by atoms with Crippen molar-refractivity contribution in [2.24, 2.45) is 0 Å². The molecule has 0 saturated carbocycles. The first-order chi connectivity index (χ1) is 8.45. The zero-order chi connectivity index (χ0) is 13.7. The van der Waals surface area contributed by atoms with E-state index < -0.39 is 12.6 Å². The van der Waals surface area contributed by atoms with Crippen molar-refractivity contribution in [3.63, 3.8) is 0 Å². The van der Waals surface area contributed by atoms with E-state index >= 15 is 0 Å². The van der Waals surface area contributed by atoms with Crippen LogP contribution in [0.5, 0.6) is 5.75 Å². The normalized spacial score (nSPS) is 10.5. The van der Waals surface area contributed by atoms with Gasteiger partial charge < -0.3 is 15.2 Å². The van der Waals surface area contributed by atoms with E-state index in [-0.39, 0.29) is 35.1 Å². The Hall–Kier alpha value is -1.56. The van der Waals surface area contributed by atoms with Crippen molar-refractivity contribution in [1.82, 2.24) is 0 Å². The molecule has 0 aliphatic rings. The van der Waals surface area contributed by atoms with Gasteiger partial charge in [-0.2, -0.15) is 8.78 Å². The summed E-state index contributed by atoms with van der Waals surface area (Å²) in [5, 5.41) is -0.0381. The van der Waals surface area contributed by atoms with E-state index in [1.165, 1.54) is 12.1 Å². The molecule has 18 heavy (non-hydrogen) atoms. The first-order valence-corrected chi connectivity index (χ1v) is 5.50. The Labute approximate surface area is 108 Å². The molecule has 0 amide bonds. The van der Waals surface area contributed by atoms with Gasteiger partial charge in [-0.15, -0.1) is 0 Å². The number of ether oxygens (including phenoxy) is 2. The molecular formula is C11H12ClF2NO3. The highest BCUT2D eigenvalue weighted by Crippen LogP contribution is 2.34. The Morgan fingerprint density at radius 2 is 2.17 bits per heavy atom. The fourth-order valence-corrected chi connectivity index (χ4v) is 1.59. The molecular weight excluding hydrogens is 268 g/mol. The van der Waals surface area contributed by atoms with Crippen molar-refractivity contribution in [2.75, 3.05) is 12.3 Å². The number of esters is 1. The lowest BCUT2D eigenvalue weighted by molar-refractivity contribution is -0.142. The fraction of sp³-hybridized carbons (Fsp3) is 0.364. The van der Waals surface area contributed by atoms with E-state index in [0.717, 1.165) is 0 Å². The van der Waals surface area contributed by atoms with Gasteiger partial charge >= 0.3 is 12.6 Å². The van der Waals surface area contributed by atoms with Crippen LogP contribution < -0.4 is 10.5 Å². The van der Waals surface area contributed by atoms with Gasteiger partial charge in [-0.25, -0.2) is 0 Å². The van der Waals surface area contributed by atoms with Gasteiger partial charge in [0, 0.05) is 11.3 Å². The van der Waals surface area contributed by atoms with Crippen molar-refractivity contribution in [1.29, 1.82) is 0 Å². The maximum Gasteiger partial charge on any atom is 0.387 e. The second kappa shape index (κ2) is 6.39.